The normalized spacial score (nSPS) is 11.0. The van der Waals surface area contributed by atoms with Crippen molar-refractivity contribution < 1.29 is 23.6 Å². The van der Waals surface area contributed by atoms with E-state index in [2.05, 4.69) is 6.92 Å². The lowest BCUT2D eigenvalue weighted by Crippen LogP contribution is -2.25. The lowest BCUT2D eigenvalue weighted by Gasteiger charge is -2.18. The Kier molecular flexibility index (Phi) is 11.1. The van der Waals surface area contributed by atoms with E-state index in [1.807, 2.05) is 6.07 Å². The first kappa shape index (κ1) is 23.8. The summed E-state index contributed by atoms with van der Waals surface area (Å²) in [6, 6.07) is 13.8. The van der Waals surface area contributed by atoms with Crippen LogP contribution in [0.4, 0.5) is 0 Å². The summed E-state index contributed by atoms with van der Waals surface area (Å²) in [6.07, 6.45) is 2.76. The first-order chi connectivity index (χ1) is 13.6. The van der Waals surface area contributed by atoms with Crippen molar-refractivity contribution in [2.75, 3.05) is 13.7 Å². The summed E-state index contributed by atoms with van der Waals surface area (Å²) in [5.41, 5.74) is 0.760. The van der Waals surface area contributed by atoms with Gasteiger partial charge in [-0.15, -0.1) is 0 Å². The molecule has 0 bridgehead atoms. The Morgan fingerprint density at radius 1 is 1.04 bits per heavy atom. The van der Waals surface area contributed by atoms with Crippen LogP contribution in [0.5, 0.6) is 5.75 Å². The second-order valence-electron chi connectivity index (χ2n) is 5.90. The molecule has 2 aromatic rings. The molecule has 0 spiro atoms. The van der Waals surface area contributed by atoms with Gasteiger partial charge in [0.2, 0.25) is 0 Å². The number of ketones is 1. The lowest BCUT2D eigenvalue weighted by atomic mass is 9.90. The van der Waals surface area contributed by atoms with E-state index in [4.69, 9.17) is 25.6 Å². The number of rotatable bonds is 9. The first-order valence-electron chi connectivity index (χ1n) is 8.88. The number of ether oxygens (including phenoxy) is 2. The van der Waals surface area contributed by atoms with E-state index in [1.54, 1.807) is 51.6 Å². The minimum absolute atomic E-state index is 0.191. The van der Waals surface area contributed by atoms with Crippen molar-refractivity contribution in [1.82, 2.24) is 0 Å². The standard InChI is InChI=1S/C21H23ClO4.HOP/c1-3-4-8-14-26-21(24)18(15-10-6-5-7-11-15)20(23)19-16(22)12-9-13-17(19)25-2;1-2/h5-7,9-13,18H,3-4,8,14H2,1-2H3;2H. The minimum atomic E-state index is -1.08. The van der Waals surface area contributed by atoms with Gasteiger partial charge in [-0.1, -0.05) is 67.8 Å². The number of unbranched alkanes of at least 4 members (excludes halogenated alkanes) is 2. The van der Waals surface area contributed by atoms with Gasteiger partial charge in [0.05, 0.1) is 24.3 Å². The molecule has 0 saturated carbocycles. The first-order valence-corrected chi connectivity index (χ1v) is 9.67. The molecule has 0 N–H and O–H groups in total. The van der Waals surface area contributed by atoms with Gasteiger partial charge in [0.15, 0.2) is 5.78 Å². The third-order valence-corrected chi connectivity index (χ3v) is 4.38. The molecule has 1 unspecified atom stereocenters. The predicted molar refractivity (Wildman–Crippen MR) is 111 cm³/mol. The molecule has 28 heavy (non-hydrogen) atoms. The number of hydrogen-bond donors (Lipinski definition) is 0. The fourth-order valence-corrected chi connectivity index (χ4v) is 2.97. The summed E-state index contributed by atoms with van der Waals surface area (Å²) in [7, 11) is 3.18. The Hall–Kier alpha value is -2.23. The number of hydrogen-bond acceptors (Lipinski definition) is 5. The molecule has 150 valence electrons. The molecule has 0 saturated heterocycles. The zero-order valence-corrected chi connectivity index (χ0v) is 17.7. The van der Waals surface area contributed by atoms with E-state index in [1.165, 1.54) is 7.11 Å². The van der Waals surface area contributed by atoms with Crippen LogP contribution in [0.15, 0.2) is 48.5 Å². The number of benzene rings is 2. The molecule has 0 fully saturated rings. The molecule has 1 atom stereocenters. The van der Waals surface area contributed by atoms with Gasteiger partial charge in [-0.25, -0.2) is 0 Å². The highest BCUT2D eigenvalue weighted by molar-refractivity contribution is 7.00. The lowest BCUT2D eigenvalue weighted by molar-refractivity contribution is -0.144. The van der Waals surface area contributed by atoms with Crippen LogP contribution in [0, 0.1) is 0 Å². The summed E-state index contributed by atoms with van der Waals surface area (Å²) in [6.45, 7) is 2.37. The SMILES string of the molecule is CCCCCOC(=O)C(C(=O)c1c(Cl)cccc1OC)c1ccccc1.O=P. The highest BCUT2D eigenvalue weighted by Gasteiger charge is 2.33. The van der Waals surface area contributed by atoms with Gasteiger partial charge in [0.25, 0.3) is 0 Å². The zero-order valence-electron chi connectivity index (χ0n) is 15.9. The molecule has 2 rings (SSSR count). The van der Waals surface area contributed by atoms with Crippen LogP contribution in [-0.4, -0.2) is 25.5 Å². The predicted octanol–water partition coefficient (Wildman–Crippen LogP) is 5.52. The van der Waals surface area contributed by atoms with Crippen LogP contribution >= 0.6 is 20.7 Å². The van der Waals surface area contributed by atoms with Gasteiger partial charge in [-0.05, 0) is 24.1 Å². The molecular weight excluding hydrogens is 399 g/mol. The van der Waals surface area contributed by atoms with Gasteiger partial charge in [0, 0.05) is 0 Å². The van der Waals surface area contributed by atoms with Crippen molar-refractivity contribution in [3.8, 4) is 5.75 Å². The average Bonchev–Trinajstić information content (AvgIpc) is 2.73. The van der Waals surface area contributed by atoms with E-state index in [-0.39, 0.29) is 10.6 Å². The third kappa shape index (κ3) is 6.43. The van der Waals surface area contributed by atoms with Crippen LogP contribution in [0.1, 0.15) is 48.0 Å². The van der Waals surface area contributed by atoms with Crippen molar-refractivity contribution in [3.05, 3.63) is 64.7 Å². The molecule has 7 heteroatoms. The van der Waals surface area contributed by atoms with Crippen molar-refractivity contribution in [1.29, 1.82) is 0 Å². The number of carbonyl (C=O) groups excluding carboxylic acids is 2. The second-order valence-corrected chi connectivity index (χ2v) is 6.31. The van der Waals surface area contributed by atoms with Crippen LogP contribution in [-0.2, 0) is 14.1 Å². The summed E-state index contributed by atoms with van der Waals surface area (Å²) in [5, 5.41) is 0.245. The molecule has 0 aliphatic carbocycles. The number of esters is 1. The van der Waals surface area contributed by atoms with E-state index in [0.29, 0.717) is 17.9 Å². The van der Waals surface area contributed by atoms with Crippen molar-refractivity contribution in [2.45, 2.75) is 32.1 Å². The highest BCUT2D eigenvalue weighted by Crippen LogP contribution is 2.32. The minimum Gasteiger partial charge on any atom is -0.496 e. The van der Waals surface area contributed by atoms with Gasteiger partial charge in [0.1, 0.15) is 20.8 Å². The maximum Gasteiger partial charge on any atom is 0.321 e. The Morgan fingerprint density at radius 3 is 2.32 bits per heavy atom. The van der Waals surface area contributed by atoms with E-state index in [0.717, 1.165) is 19.3 Å². The smallest absolute Gasteiger partial charge is 0.321 e. The van der Waals surface area contributed by atoms with Gasteiger partial charge in [-0.3, -0.25) is 14.2 Å². The van der Waals surface area contributed by atoms with Gasteiger partial charge >= 0.3 is 5.97 Å². The molecular formula is C21H24ClO5P. The van der Waals surface area contributed by atoms with Crippen LogP contribution in [0.2, 0.25) is 5.02 Å². The third-order valence-electron chi connectivity index (χ3n) is 4.06. The van der Waals surface area contributed by atoms with E-state index < -0.39 is 17.7 Å². The van der Waals surface area contributed by atoms with E-state index in [9.17, 15) is 9.59 Å². The number of carbonyl (C=O) groups is 2. The van der Waals surface area contributed by atoms with Gasteiger partial charge < -0.3 is 9.47 Å². The average molecular weight is 423 g/mol. The molecule has 0 aliphatic heterocycles. The number of halogens is 1. The Morgan fingerprint density at radius 2 is 1.71 bits per heavy atom. The molecule has 0 aliphatic rings. The molecule has 0 amide bonds. The topological polar surface area (TPSA) is 69.7 Å². The maximum atomic E-state index is 13.2. The maximum absolute atomic E-state index is 13.2. The highest BCUT2D eigenvalue weighted by atomic mass is 35.5. The summed E-state index contributed by atoms with van der Waals surface area (Å²) in [4.78, 5) is 25.9. The van der Waals surface area contributed by atoms with E-state index >= 15 is 0 Å². The summed E-state index contributed by atoms with van der Waals surface area (Å²) < 4.78 is 18.7. The Balaban J connectivity index is 0.00000190. The molecule has 2 aromatic carbocycles. The van der Waals surface area contributed by atoms with Gasteiger partial charge in [-0.2, -0.15) is 0 Å². The molecule has 5 nitrogen and oxygen atoms in total. The number of Topliss-reactive ketones (excluding diaryl/α,β-unsaturated/α-hetero) is 1. The Labute approximate surface area is 172 Å². The molecule has 0 heterocycles. The van der Waals surface area contributed by atoms with Crippen LogP contribution in [0.25, 0.3) is 0 Å². The molecule has 0 aromatic heterocycles. The van der Waals surface area contributed by atoms with Crippen molar-refractivity contribution in [3.63, 3.8) is 0 Å². The Bertz CT molecular complexity index is 767. The van der Waals surface area contributed by atoms with Crippen LogP contribution < -0.4 is 4.74 Å². The largest absolute Gasteiger partial charge is 0.496 e. The fourth-order valence-electron chi connectivity index (χ4n) is 2.71. The quantitative estimate of drug-likeness (QED) is 0.175. The number of methoxy groups -OCH3 is 1. The summed E-state index contributed by atoms with van der Waals surface area (Å²) >= 11 is 6.23. The zero-order chi connectivity index (χ0) is 20.9. The van der Waals surface area contributed by atoms with Crippen molar-refractivity contribution >= 4 is 32.5 Å². The second kappa shape index (κ2) is 13.0. The molecule has 0 radical (unpaired) electrons. The monoisotopic (exact) mass is 422 g/mol. The fraction of sp³-hybridized carbons (Fsp3) is 0.333. The van der Waals surface area contributed by atoms with Crippen LogP contribution in [0.3, 0.4) is 0 Å². The van der Waals surface area contributed by atoms with Crippen molar-refractivity contribution in [2.24, 2.45) is 0 Å². The summed E-state index contributed by atoms with van der Waals surface area (Å²) in [5.74, 6) is -1.74.